The second kappa shape index (κ2) is 17.2. The first kappa shape index (κ1) is 44.9. The lowest BCUT2D eigenvalue weighted by Crippen LogP contribution is -2.62. The first-order chi connectivity index (χ1) is 31.9. The maximum absolute atomic E-state index is 14.6. The third-order valence-corrected chi connectivity index (χ3v) is 17.8. The summed E-state index contributed by atoms with van der Waals surface area (Å²) in [5.41, 5.74) is 3.03. The molecular weight excluding hydrogens is 849 g/mol. The lowest BCUT2D eigenvalue weighted by Gasteiger charge is -2.52. The molecule has 12 aliphatic rings. The largest absolute Gasteiger partial charge is 0.497 e. The number of benzene rings is 1. The maximum Gasteiger partial charge on any atom is 0.233 e. The van der Waals surface area contributed by atoms with E-state index in [0.717, 1.165) is 54.6 Å². The Labute approximate surface area is 388 Å². The lowest BCUT2D eigenvalue weighted by molar-refractivity contribution is -0.329. The van der Waals surface area contributed by atoms with E-state index in [1.165, 1.54) is 0 Å². The summed E-state index contributed by atoms with van der Waals surface area (Å²) in [6.07, 6.45) is 2.90. The highest BCUT2D eigenvalue weighted by Crippen LogP contribution is 2.64. The third kappa shape index (κ3) is 7.45. The summed E-state index contributed by atoms with van der Waals surface area (Å²) in [6, 6.07) is 7.69. The van der Waals surface area contributed by atoms with E-state index in [1.807, 2.05) is 24.3 Å². The number of carbonyl (C=O) groups is 1. The van der Waals surface area contributed by atoms with E-state index in [4.69, 9.17) is 56.8 Å². The Kier molecular flexibility index (Phi) is 11.7. The molecule has 12 fully saturated rings. The summed E-state index contributed by atoms with van der Waals surface area (Å²) < 4.78 is 82.4. The Morgan fingerprint density at radius 3 is 2.30 bits per heavy atom. The SMILES string of the molecule is C=C1C[C@@H]2CC[C@]34O[C@H]5[C@H]6O[C@H](CC[C@@H]6OC6[C@@H]5OC5(OC(c7ccc(OC)cc7)O[C@H]53)[C@H]6O4)CC(=O)CC3[C@H](CC4OC(CCC1O2)C[C@@H](C)C4=C)O[C@H]1C[C@@H](C)[C@@H](CCO)O[C@H]1[C@@H]3C. The van der Waals surface area contributed by atoms with Crippen LogP contribution in [0, 0.1) is 23.7 Å². The first-order valence-corrected chi connectivity index (χ1v) is 25.3. The van der Waals surface area contributed by atoms with Crippen LogP contribution in [0.25, 0.3) is 0 Å². The Morgan fingerprint density at radius 1 is 0.697 bits per heavy atom. The number of rotatable bonds is 4. The molecule has 0 amide bonds. The van der Waals surface area contributed by atoms with Gasteiger partial charge in [-0.05, 0) is 105 Å². The number of aliphatic hydroxyl groups excluding tert-OH is 1. The van der Waals surface area contributed by atoms with Gasteiger partial charge in [-0.2, -0.15) is 0 Å². The smallest absolute Gasteiger partial charge is 0.233 e. The van der Waals surface area contributed by atoms with Crippen LogP contribution < -0.4 is 4.74 Å². The van der Waals surface area contributed by atoms with Crippen LogP contribution in [-0.4, -0.2) is 134 Å². The quantitative estimate of drug-likeness (QED) is 0.324. The molecule has 23 atom stereocenters. The van der Waals surface area contributed by atoms with Gasteiger partial charge in [-0.25, -0.2) is 0 Å². The molecule has 12 heterocycles. The van der Waals surface area contributed by atoms with E-state index in [0.29, 0.717) is 44.9 Å². The molecule has 12 saturated heterocycles. The Balaban J connectivity index is 0.853. The van der Waals surface area contributed by atoms with Gasteiger partial charge in [-0.3, -0.25) is 4.79 Å². The molecule has 14 nitrogen and oxygen atoms in total. The van der Waals surface area contributed by atoms with Gasteiger partial charge in [0.2, 0.25) is 11.6 Å². The van der Waals surface area contributed by atoms with Crippen LogP contribution in [0.5, 0.6) is 5.75 Å². The van der Waals surface area contributed by atoms with Crippen molar-refractivity contribution in [2.75, 3.05) is 13.7 Å². The molecule has 0 aliphatic carbocycles. The summed E-state index contributed by atoms with van der Waals surface area (Å²) >= 11 is 0. The highest BCUT2D eigenvalue weighted by Gasteiger charge is 2.83. The summed E-state index contributed by atoms with van der Waals surface area (Å²) in [4.78, 5) is 14.6. The maximum atomic E-state index is 14.6. The number of carbonyl (C=O) groups excluding carboxylic acids is 1. The van der Waals surface area contributed by atoms with Crippen molar-refractivity contribution in [2.45, 2.75) is 220 Å². The van der Waals surface area contributed by atoms with E-state index in [2.05, 4.69) is 33.9 Å². The Hall–Kier alpha value is -2.31. The van der Waals surface area contributed by atoms with Crippen LogP contribution in [0.2, 0.25) is 0 Å². The molecule has 0 aromatic heterocycles. The minimum absolute atomic E-state index is 0.0275. The molecular formula is C52H70O14. The van der Waals surface area contributed by atoms with Crippen molar-refractivity contribution >= 4 is 5.78 Å². The predicted molar refractivity (Wildman–Crippen MR) is 235 cm³/mol. The minimum atomic E-state index is -1.26. The van der Waals surface area contributed by atoms with Gasteiger partial charge in [0, 0.05) is 37.9 Å². The molecule has 362 valence electrons. The van der Waals surface area contributed by atoms with Crippen molar-refractivity contribution in [1.82, 2.24) is 0 Å². The molecule has 14 heteroatoms. The van der Waals surface area contributed by atoms with Crippen LogP contribution in [0.15, 0.2) is 48.6 Å². The zero-order valence-electron chi connectivity index (χ0n) is 39.0. The molecule has 1 aromatic carbocycles. The highest BCUT2D eigenvalue weighted by molar-refractivity contribution is 5.79. The second-order valence-corrected chi connectivity index (χ2v) is 21.9. The van der Waals surface area contributed by atoms with Crippen LogP contribution in [0.4, 0.5) is 0 Å². The van der Waals surface area contributed by atoms with Crippen LogP contribution in [0.1, 0.15) is 116 Å². The Morgan fingerprint density at radius 2 is 1.48 bits per heavy atom. The van der Waals surface area contributed by atoms with Crippen molar-refractivity contribution in [3.05, 3.63) is 54.1 Å². The zero-order valence-corrected chi connectivity index (χ0v) is 39.0. The molecule has 12 aliphatic heterocycles. The number of Topliss-reactive ketones (excluding diaryl/α,β-unsaturated/α-hetero) is 1. The van der Waals surface area contributed by atoms with Crippen molar-refractivity contribution in [1.29, 1.82) is 0 Å². The third-order valence-electron chi connectivity index (χ3n) is 17.8. The van der Waals surface area contributed by atoms with E-state index in [9.17, 15) is 9.90 Å². The monoisotopic (exact) mass is 918 g/mol. The summed E-state index contributed by atoms with van der Waals surface area (Å²) in [6.45, 7) is 15.8. The van der Waals surface area contributed by atoms with Gasteiger partial charge >= 0.3 is 0 Å². The molecule has 12 bridgehead atoms. The minimum Gasteiger partial charge on any atom is -0.497 e. The molecule has 66 heavy (non-hydrogen) atoms. The van der Waals surface area contributed by atoms with Gasteiger partial charge in [-0.1, -0.05) is 46.1 Å². The van der Waals surface area contributed by atoms with Gasteiger partial charge in [0.15, 0.2) is 12.4 Å². The van der Waals surface area contributed by atoms with Crippen molar-refractivity contribution in [3.63, 3.8) is 0 Å². The number of aliphatic hydroxyl groups is 1. The fourth-order valence-electron chi connectivity index (χ4n) is 14.2. The highest BCUT2D eigenvalue weighted by atomic mass is 16.9. The van der Waals surface area contributed by atoms with Gasteiger partial charge in [0.25, 0.3) is 0 Å². The fraction of sp³-hybridized carbons (Fsp3) is 0.788. The second-order valence-electron chi connectivity index (χ2n) is 21.9. The lowest BCUT2D eigenvalue weighted by atomic mass is 9.72. The van der Waals surface area contributed by atoms with Crippen molar-refractivity contribution in [3.8, 4) is 5.75 Å². The summed E-state index contributed by atoms with van der Waals surface area (Å²) in [7, 11) is 1.65. The van der Waals surface area contributed by atoms with E-state index >= 15 is 0 Å². The van der Waals surface area contributed by atoms with Crippen molar-refractivity contribution in [2.24, 2.45) is 23.7 Å². The molecule has 1 aromatic rings. The molecule has 0 radical (unpaired) electrons. The molecule has 2 spiro atoms. The van der Waals surface area contributed by atoms with E-state index in [-0.39, 0.29) is 104 Å². The molecule has 7 unspecified atom stereocenters. The van der Waals surface area contributed by atoms with E-state index in [1.54, 1.807) is 7.11 Å². The number of hydrogen-bond donors (Lipinski definition) is 1. The van der Waals surface area contributed by atoms with Crippen molar-refractivity contribution < 1.29 is 66.7 Å². The number of fused-ring (bicyclic) bond motifs is 7. The van der Waals surface area contributed by atoms with Gasteiger partial charge in [-0.15, -0.1) is 0 Å². The first-order valence-electron chi connectivity index (χ1n) is 25.3. The predicted octanol–water partition coefficient (Wildman–Crippen LogP) is 6.59. The van der Waals surface area contributed by atoms with Gasteiger partial charge in [0.1, 0.15) is 42.1 Å². The standard InChI is InChI=1S/C52H70O14/c1-25-19-33-11-13-37-26(2)20-35(56-37)15-17-51-50-52(66-49(62-50)30-7-9-32(55-6)10-8-30)48(65-51)47-46(64-52)45(63-51)44-39(61-47)14-12-34(58-44)22-31(54)23-36-29(5)43-42(21-27(3)38(60-43)16-18-53)59-41(36)24-40(57-33)28(25)4/h7-10,25,27,29,33-50,53H,2,4,11-24H2,1,3,5-6H3/t25-,27-,29-,33?,34-,35+,36?,37?,38-,39+,40?,41+,42+,43+,44+,45+,46-,47?,48+,49?,50+,51-,52?/m1/s1. The number of hydrogen-bond acceptors (Lipinski definition) is 14. The van der Waals surface area contributed by atoms with Gasteiger partial charge < -0.3 is 61.9 Å². The average molecular weight is 919 g/mol. The van der Waals surface area contributed by atoms with Crippen LogP contribution in [-0.2, 0) is 56.9 Å². The number of ether oxygens (including phenoxy) is 12. The number of methoxy groups -OCH3 is 1. The summed E-state index contributed by atoms with van der Waals surface area (Å²) in [5, 5.41) is 9.89. The normalized spacial score (nSPS) is 52.0. The molecule has 1 N–H and O–H groups in total. The van der Waals surface area contributed by atoms with E-state index < -0.39 is 54.5 Å². The summed E-state index contributed by atoms with van der Waals surface area (Å²) in [5.74, 6) is -1.17. The fourth-order valence-corrected chi connectivity index (χ4v) is 14.2. The number of ketones is 1. The molecule has 13 rings (SSSR count). The molecule has 0 saturated carbocycles. The van der Waals surface area contributed by atoms with Gasteiger partial charge in [0.05, 0.1) is 68.1 Å². The van der Waals surface area contributed by atoms with Crippen LogP contribution in [0.3, 0.4) is 0 Å². The van der Waals surface area contributed by atoms with Crippen LogP contribution >= 0.6 is 0 Å². The average Bonchev–Trinajstić information content (AvgIpc) is 3.98. The topological polar surface area (TPSA) is 148 Å². The Bertz CT molecular complexity index is 2010. The zero-order chi connectivity index (χ0) is 45.2.